The monoisotopic (exact) mass is 340 g/mol. The van der Waals surface area contributed by atoms with Crippen LogP contribution in [0.25, 0.3) is 0 Å². The van der Waals surface area contributed by atoms with E-state index >= 15 is 0 Å². The van der Waals surface area contributed by atoms with Gasteiger partial charge >= 0.3 is 5.97 Å². The Morgan fingerprint density at radius 2 is 2.24 bits per heavy atom. The molecule has 1 aliphatic carbocycles. The lowest BCUT2D eigenvalue weighted by atomic mass is 9.60. The van der Waals surface area contributed by atoms with Gasteiger partial charge < -0.3 is 15.2 Å². The minimum absolute atomic E-state index is 0.0525. The van der Waals surface area contributed by atoms with E-state index in [4.69, 9.17) is 4.74 Å². The van der Waals surface area contributed by atoms with Gasteiger partial charge in [0.1, 0.15) is 0 Å². The topological polar surface area (TPSA) is 61.8 Å². The number of nitrogens with one attached hydrogen (secondary N) is 1. The molecule has 3 heterocycles. The maximum atomic E-state index is 12.8. The SMILES string of the molecule is COC(=O)C1=C2Nc3ccccc3C23CCN2C[C@@H]([C@H](C)O)[C@@H]1C[C@H]23. The first-order valence-corrected chi connectivity index (χ1v) is 9.19. The van der Waals surface area contributed by atoms with Crippen molar-refractivity contribution < 1.29 is 14.6 Å². The summed E-state index contributed by atoms with van der Waals surface area (Å²) >= 11 is 0. The lowest BCUT2D eigenvalue weighted by Crippen LogP contribution is -2.57. The highest BCUT2D eigenvalue weighted by molar-refractivity contribution is 5.93. The normalized spacial score (nSPS) is 36.5. The first-order valence-electron chi connectivity index (χ1n) is 9.19. The van der Waals surface area contributed by atoms with Crippen molar-refractivity contribution in [3.63, 3.8) is 0 Å². The Bertz CT molecular complexity index is 787. The molecule has 1 aromatic rings. The predicted molar refractivity (Wildman–Crippen MR) is 94.0 cm³/mol. The van der Waals surface area contributed by atoms with Crippen LogP contribution in [0.4, 0.5) is 5.69 Å². The summed E-state index contributed by atoms with van der Waals surface area (Å²) < 4.78 is 5.19. The van der Waals surface area contributed by atoms with Crippen molar-refractivity contribution >= 4 is 11.7 Å². The zero-order chi connectivity index (χ0) is 17.3. The summed E-state index contributed by atoms with van der Waals surface area (Å²) in [6.07, 6.45) is 1.49. The molecule has 0 amide bonds. The third-order valence-corrected chi connectivity index (χ3v) is 7.02. The zero-order valence-electron chi connectivity index (χ0n) is 14.7. The van der Waals surface area contributed by atoms with Gasteiger partial charge in [0.05, 0.1) is 24.2 Å². The van der Waals surface area contributed by atoms with Gasteiger partial charge in [0.15, 0.2) is 0 Å². The average molecular weight is 340 g/mol. The summed E-state index contributed by atoms with van der Waals surface area (Å²) in [6.45, 7) is 3.71. The molecule has 0 aromatic heterocycles. The van der Waals surface area contributed by atoms with Crippen LogP contribution in [0, 0.1) is 11.8 Å². The summed E-state index contributed by atoms with van der Waals surface area (Å²) in [5.74, 6) is -0.125. The standard InChI is InChI=1S/C20H24N2O3/c1-11(23)13-10-22-8-7-20-14-5-3-4-6-15(14)21-18(20)17(19(24)25-2)12(13)9-16(20)22/h3-6,11-13,16,21,23H,7-10H2,1-2H3/t11-,12-,13-,16-,20?/m0/s1. The Labute approximate surface area is 147 Å². The van der Waals surface area contributed by atoms with Crippen LogP contribution in [0.2, 0.25) is 0 Å². The molecule has 0 saturated carbocycles. The summed E-state index contributed by atoms with van der Waals surface area (Å²) in [6, 6.07) is 8.83. The fraction of sp³-hybridized carbons (Fsp3) is 0.550. The van der Waals surface area contributed by atoms with Gasteiger partial charge in [0, 0.05) is 35.8 Å². The van der Waals surface area contributed by atoms with E-state index in [1.165, 1.54) is 12.7 Å². The molecule has 1 spiro atoms. The summed E-state index contributed by atoms with van der Waals surface area (Å²) in [5.41, 5.74) is 4.10. The number of nitrogens with zero attached hydrogens (tertiary/aromatic N) is 1. The number of fused-ring (bicyclic) bond motifs is 2. The number of carbonyl (C=O) groups excluding carboxylic acids is 1. The van der Waals surface area contributed by atoms with Gasteiger partial charge in [-0.2, -0.15) is 0 Å². The molecule has 0 radical (unpaired) electrons. The molecule has 25 heavy (non-hydrogen) atoms. The summed E-state index contributed by atoms with van der Waals surface area (Å²) in [7, 11) is 1.46. The number of methoxy groups -OCH3 is 1. The van der Waals surface area contributed by atoms with Crippen LogP contribution in [0.1, 0.15) is 25.3 Å². The maximum Gasteiger partial charge on any atom is 0.335 e. The molecule has 5 rings (SSSR count). The molecule has 1 unspecified atom stereocenters. The van der Waals surface area contributed by atoms with Gasteiger partial charge in [-0.15, -0.1) is 0 Å². The number of piperidine rings is 1. The van der Waals surface area contributed by atoms with Gasteiger partial charge in [-0.3, -0.25) is 4.90 Å². The molecule has 132 valence electrons. The van der Waals surface area contributed by atoms with E-state index in [2.05, 4.69) is 28.4 Å². The van der Waals surface area contributed by atoms with Crippen molar-refractivity contribution in [3.8, 4) is 0 Å². The quantitative estimate of drug-likeness (QED) is 0.805. The number of hydrogen-bond acceptors (Lipinski definition) is 5. The van der Waals surface area contributed by atoms with Crippen molar-refractivity contribution in [1.82, 2.24) is 4.90 Å². The first kappa shape index (κ1) is 15.4. The number of para-hydroxylation sites is 1. The van der Waals surface area contributed by atoms with Crippen molar-refractivity contribution in [2.75, 3.05) is 25.5 Å². The number of ether oxygens (including phenoxy) is 1. The number of aliphatic hydroxyl groups excluding tert-OH is 1. The Balaban J connectivity index is 1.78. The van der Waals surface area contributed by atoms with Crippen LogP contribution in [0.15, 0.2) is 35.5 Å². The molecule has 2 bridgehead atoms. The molecule has 5 nitrogen and oxygen atoms in total. The molecular formula is C20H24N2O3. The van der Waals surface area contributed by atoms with Gasteiger partial charge in [0.25, 0.3) is 0 Å². The number of benzene rings is 1. The second-order valence-corrected chi connectivity index (χ2v) is 7.93. The lowest BCUT2D eigenvalue weighted by Gasteiger charge is -2.51. The highest BCUT2D eigenvalue weighted by atomic mass is 16.5. The summed E-state index contributed by atoms with van der Waals surface area (Å²) in [4.78, 5) is 15.3. The zero-order valence-corrected chi connectivity index (χ0v) is 14.7. The van der Waals surface area contributed by atoms with Crippen molar-refractivity contribution in [2.24, 2.45) is 11.8 Å². The maximum absolute atomic E-state index is 12.8. The number of anilines is 1. The Hall–Kier alpha value is -1.85. The van der Waals surface area contributed by atoms with Crippen molar-refractivity contribution in [3.05, 3.63) is 41.1 Å². The predicted octanol–water partition coefficient (Wildman–Crippen LogP) is 1.88. The van der Waals surface area contributed by atoms with Gasteiger partial charge in [0.2, 0.25) is 0 Å². The van der Waals surface area contributed by atoms with Crippen molar-refractivity contribution in [1.29, 1.82) is 0 Å². The first-order chi connectivity index (χ1) is 12.1. The van der Waals surface area contributed by atoms with Crippen LogP contribution in [0.5, 0.6) is 0 Å². The molecule has 1 aromatic carbocycles. The van der Waals surface area contributed by atoms with E-state index in [9.17, 15) is 9.90 Å². The molecule has 2 N–H and O–H groups in total. The third kappa shape index (κ3) is 1.78. The molecule has 5 atom stereocenters. The number of hydrogen-bond donors (Lipinski definition) is 2. The van der Waals surface area contributed by atoms with Gasteiger partial charge in [-0.25, -0.2) is 4.79 Å². The van der Waals surface area contributed by atoms with Crippen LogP contribution in [-0.2, 0) is 14.9 Å². The van der Waals surface area contributed by atoms with Gasteiger partial charge in [-0.05, 0) is 37.9 Å². The molecule has 4 aliphatic rings. The Morgan fingerprint density at radius 1 is 1.44 bits per heavy atom. The Morgan fingerprint density at radius 3 is 3.00 bits per heavy atom. The minimum Gasteiger partial charge on any atom is -0.466 e. The van der Waals surface area contributed by atoms with Crippen LogP contribution < -0.4 is 5.32 Å². The highest BCUT2D eigenvalue weighted by Gasteiger charge is 2.63. The summed E-state index contributed by atoms with van der Waals surface area (Å²) in [5, 5.41) is 14.0. The third-order valence-electron chi connectivity index (χ3n) is 7.02. The molecule has 2 fully saturated rings. The van der Waals surface area contributed by atoms with Gasteiger partial charge in [-0.1, -0.05) is 18.2 Å². The molecule has 2 saturated heterocycles. The average Bonchev–Trinajstić information content (AvgIpc) is 3.17. The lowest BCUT2D eigenvalue weighted by molar-refractivity contribution is -0.138. The number of rotatable bonds is 2. The van der Waals surface area contributed by atoms with E-state index in [1.54, 1.807) is 0 Å². The van der Waals surface area contributed by atoms with E-state index in [-0.39, 0.29) is 23.2 Å². The fourth-order valence-electron chi connectivity index (χ4n) is 5.98. The largest absolute Gasteiger partial charge is 0.466 e. The van der Waals surface area contributed by atoms with E-state index in [0.717, 1.165) is 42.9 Å². The van der Waals surface area contributed by atoms with E-state index in [1.807, 2.05) is 13.0 Å². The van der Waals surface area contributed by atoms with Crippen LogP contribution in [-0.4, -0.2) is 48.3 Å². The van der Waals surface area contributed by atoms with E-state index < -0.39 is 6.10 Å². The number of carbonyl (C=O) groups is 1. The number of esters is 1. The second-order valence-electron chi connectivity index (χ2n) is 7.93. The molecule has 5 heteroatoms. The second kappa shape index (κ2) is 5.08. The Kier molecular flexibility index (Phi) is 3.13. The smallest absolute Gasteiger partial charge is 0.335 e. The fourth-order valence-corrected chi connectivity index (χ4v) is 5.98. The van der Waals surface area contributed by atoms with Crippen LogP contribution >= 0.6 is 0 Å². The number of aliphatic hydroxyl groups is 1. The molecular weight excluding hydrogens is 316 g/mol. The van der Waals surface area contributed by atoms with E-state index in [0.29, 0.717) is 6.04 Å². The molecule has 3 aliphatic heterocycles. The van der Waals surface area contributed by atoms with Crippen LogP contribution in [0.3, 0.4) is 0 Å². The van der Waals surface area contributed by atoms with Crippen molar-refractivity contribution in [2.45, 2.75) is 37.3 Å². The minimum atomic E-state index is -0.442. The highest BCUT2D eigenvalue weighted by Crippen LogP contribution is 2.61.